The van der Waals surface area contributed by atoms with Gasteiger partial charge in [0.1, 0.15) is 4.21 Å². The van der Waals surface area contributed by atoms with Gasteiger partial charge in [-0.25, -0.2) is 13.2 Å². The highest BCUT2D eigenvalue weighted by Gasteiger charge is 2.17. The Labute approximate surface area is 108 Å². The predicted molar refractivity (Wildman–Crippen MR) is 65.9 cm³/mol. The fourth-order valence-electron chi connectivity index (χ4n) is 1.12. The molecule has 17 heavy (non-hydrogen) atoms. The maximum atomic E-state index is 11.2. The van der Waals surface area contributed by atoms with Crippen LogP contribution in [-0.4, -0.2) is 21.1 Å². The molecule has 1 amide bonds. The van der Waals surface area contributed by atoms with Crippen molar-refractivity contribution in [2.24, 2.45) is 0 Å². The number of carbonyl (C=O) groups is 1. The first-order valence-corrected chi connectivity index (χ1v) is 7.95. The lowest BCUT2D eigenvalue weighted by atomic mass is 10.3. The van der Waals surface area contributed by atoms with Crippen LogP contribution >= 0.6 is 22.0 Å². The second-order valence-corrected chi connectivity index (χ2v) is 7.09. The van der Waals surface area contributed by atoms with Crippen molar-refractivity contribution in [1.29, 1.82) is 0 Å². The third kappa shape index (κ3) is 4.18. The number of ether oxygens (including phenoxy) is 1. The number of alkyl carbamates (subject to hydrolysis) is 1. The fraction of sp³-hybridized carbons (Fsp3) is 0.444. The van der Waals surface area contributed by atoms with Crippen molar-refractivity contribution >= 4 is 37.2 Å². The maximum absolute atomic E-state index is 11.2. The summed E-state index contributed by atoms with van der Waals surface area (Å²) in [4.78, 5) is 11.8. The molecule has 0 spiro atoms. The van der Waals surface area contributed by atoms with Crippen LogP contribution in [0.4, 0.5) is 4.79 Å². The lowest BCUT2D eigenvalue weighted by Crippen LogP contribution is -2.26. The Morgan fingerprint density at radius 3 is 2.71 bits per heavy atom. The molecule has 1 atom stereocenters. The topological polar surface area (TPSA) is 72.5 Å². The van der Waals surface area contributed by atoms with E-state index in [9.17, 15) is 13.2 Å². The normalized spacial score (nSPS) is 13.1. The Hall–Kier alpha value is -0.790. The third-order valence-electron chi connectivity index (χ3n) is 1.88. The minimum Gasteiger partial charge on any atom is -0.450 e. The monoisotopic (exact) mass is 297 g/mol. The van der Waals surface area contributed by atoms with E-state index in [0.29, 0.717) is 4.88 Å². The van der Waals surface area contributed by atoms with Gasteiger partial charge in [-0.05, 0) is 26.0 Å². The van der Waals surface area contributed by atoms with Crippen LogP contribution in [0.3, 0.4) is 0 Å². The molecule has 1 aromatic rings. The average Bonchev–Trinajstić information content (AvgIpc) is 2.65. The highest BCUT2D eigenvalue weighted by molar-refractivity contribution is 8.15. The van der Waals surface area contributed by atoms with Crippen LogP contribution in [0.2, 0.25) is 0 Å². The zero-order valence-electron chi connectivity index (χ0n) is 9.27. The van der Waals surface area contributed by atoms with Gasteiger partial charge in [0.2, 0.25) is 0 Å². The maximum Gasteiger partial charge on any atom is 0.407 e. The summed E-state index contributed by atoms with van der Waals surface area (Å²) >= 11 is 1.02. The summed E-state index contributed by atoms with van der Waals surface area (Å²) in [6, 6.07) is 2.69. The van der Waals surface area contributed by atoms with Gasteiger partial charge in [-0.1, -0.05) is 0 Å². The molecule has 0 aliphatic rings. The number of amides is 1. The number of thiophene rings is 1. The molecule has 0 saturated heterocycles. The van der Waals surface area contributed by atoms with Gasteiger partial charge >= 0.3 is 6.09 Å². The number of rotatable bonds is 4. The van der Waals surface area contributed by atoms with E-state index in [1.807, 2.05) is 0 Å². The summed E-state index contributed by atoms with van der Waals surface area (Å²) in [5.41, 5.74) is 0. The number of halogens is 1. The van der Waals surface area contributed by atoms with E-state index in [-0.39, 0.29) is 16.9 Å². The Morgan fingerprint density at radius 2 is 2.24 bits per heavy atom. The molecule has 96 valence electrons. The van der Waals surface area contributed by atoms with Crippen molar-refractivity contribution in [3.8, 4) is 0 Å². The van der Waals surface area contributed by atoms with E-state index in [4.69, 9.17) is 15.4 Å². The molecule has 0 aromatic carbocycles. The first-order chi connectivity index (χ1) is 7.84. The summed E-state index contributed by atoms with van der Waals surface area (Å²) in [5, 5.41) is 2.57. The Morgan fingerprint density at radius 1 is 1.59 bits per heavy atom. The molecule has 0 bridgehead atoms. The van der Waals surface area contributed by atoms with Gasteiger partial charge < -0.3 is 10.1 Å². The quantitative estimate of drug-likeness (QED) is 0.867. The van der Waals surface area contributed by atoms with Crippen molar-refractivity contribution in [3.05, 3.63) is 17.0 Å². The van der Waals surface area contributed by atoms with Crippen LogP contribution in [0.5, 0.6) is 0 Å². The standard InChI is InChI=1S/C9H12ClNO4S2/c1-3-15-9(12)11-6(2)7-4-5-8(16-7)17(10,13)14/h4-6H,3H2,1-2H3,(H,11,12). The summed E-state index contributed by atoms with van der Waals surface area (Å²) in [6.07, 6.45) is -0.538. The molecule has 1 heterocycles. The summed E-state index contributed by atoms with van der Waals surface area (Å²) in [6.45, 7) is 3.71. The minimum atomic E-state index is -3.71. The lowest BCUT2D eigenvalue weighted by Gasteiger charge is -2.11. The average molecular weight is 298 g/mol. The van der Waals surface area contributed by atoms with E-state index in [2.05, 4.69) is 5.32 Å². The highest BCUT2D eigenvalue weighted by atomic mass is 35.7. The van der Waals surface area contributed by atoms with Crippen LogP contribution in [0.1, 0.15) is 24.8 Å². The van der Waals surface area contributed by atoms with Crippen LogP contribution in [-0.2, 0) is 13.8 Å². The van der Waals surface area contributed by atoms with E-state index in [1.165, 1.54) is 6.07 Å². The predicted octanol–water partition coefficient (Wildman–Crippen LogP) is 2.48. The Kier molecular flexibility index (Phi) is 4.79. The van der Waals surface area contributed by atoms with E-state index < -0.39 is 15.1 Å². The molecule has 0 aliphatic heterocycles. The van der Waals surface area contributed by atoms with Gasteiger partial charge in [-0.15, -0.1) is 11.3 Å². The van der Waals surface area contributed by atoms with Crippen LogP contribution in [0.25, 0.3) is 0 Å². The van der Waals surface area contributed by atoms with E-state index >= 15 is 0 Å². The first kappa shape index (κ1) is 14.3. The Balaban J connectivity index is 2.74. The third-order valence-corrected chi connectivity index (χ3v) is 5.24. The van der Waals surface area contributed by atoms with Crippen molar-refractivity contribution in [3.63, 3.8) is 0 Å². The van der Waals surface area contributed by atoms with Gasteiger partial charge in [-0.2, -0.15) is 0 Å². The van der Waals surface area contributed by atoms with Crippen molar-refractivity contribution in [2.75, 3.05) is 6.61 Å². The van der Waals surface area contributed by atoms with Gasteiger partial charge in [0.05, 0.1) is 12.6 Å². The van der Waals surface area contributed by atoms with Gasteiger partial charge in [0.15, 0.2) is 0 Å². The number of hydrogen-bond donors (Lipinski definition) is 1. The van der Waals surface area contributed by atoms with E-state index in [0.717, 1.165) is 11.3 Å². The van der Waals surface area contributed by atoms with Crippen molar-refractivity contribution in [2.45, 2.75) is 24.1 Å². The fourth-order valence-corrected chi connectivity index (χ4v) is 3.21. The molecule has 1 N–H and O–H groups in total. The second kappa shape index (κ2) is 5.70. The Bertz CT molecular complexity index is 497. The molecular weight excluding hydrogens is 286 g/mol. The SMILES string of the molecule is CCOC(=O)NC(C)c1ccc(S(=O)(=O)Cl)s1. The molecule has 0 saturated carbocycles. The molecular formula is C9H12ClNO4S2. The zero-order chi connectivity index (χ0) is 13.1. The largest absolute Gasteiger partial charge is 0.450 e. The van der Waals surface area contributed by atoms with Gasteiger partial charge in [0, 0.05) is 15.6 Å². The summed E-state index contributed by atoms with van der Waals surface area (Å²) < 4.78 is 26.9. The van der Waals surface area contributed by atoms with E-state index in [1.54, 1.807) is 19.9 Å². The lowest BCUT2D eigenvalue weighted by molar-refractivity contribution is 0.149. The van der Waals surface area contributed by atoms with Crippen LogP contribution < -0.4 is 5.32 Å². The number of nitrogens with one attached hydrogen (secondary N) is 1. The summed E-state index contributed by atoms with van der Waals surface area (Å²) in [5.74, 6) is 0. The van der Waals surface area contributed by atoms with Crippen LogP contribution in [0, 0.1) is 0 Å². The van der Waals surface area contributed by atoms with Crippen molar-refractivity contribution in [1.82, 2.24) is 5.32 Å². The molecule has 0 radical (unpaired) electrons. The number of carbonyl (C=O) groups excluding carboxylic acids is 1. The molecule has 1 unspecified atom stereocenters. The molecule has 1 rings (SSSR count). The molecule has 1 aromatic heterocycles. The zero-order valence-corrected chi connectivity index (χ0v) is 11.7. The summed E-state index contributed by atoms with van der Waals surface area (Å²) in [7, 11) is 1.50. The second-order valence-electron chi connectivity index (χ2n) is 3.18. The molecule has 0 fully saturated rings. The van der Waals surface area contributed by atoms with Gasteiger partial charge in [-0.3, -0.25) is 0 Å². The first-order valence-electron chi connectivity index (χ1n) is 4.82. The molecule has 8 heteroatoms. The minimum absolute atomic E-state index is 0.0617. The van der Waals surface area contributed by atoms with Crippen LogP contribution in [0.15, 0.2) is 16.3 Å². The highest BCUT2D eigenvalue weighted by Crippen LogP contribution is 2.28. The molecule has 0 aliphatic carbocycles. The van der Waals surface area contributed by atoms with Crippen molar-refractivity contribution < 1.29 is 17.9 Å². The molecule has 5 nitrogen and oxygen atoms in total. The van der Waals surface area contributed by atoms with Gasteiger partial charge in [0.25, 0.3) is 9.05 Å². The number of hydrogen-bond acceptors (Lipinski definition) is 5. The smallest absolute Gasteiger partial charge is 0.407 e.